The Morgan fingerprint density at radius 1 is 1.23 bits per heavy atom. The van der Waals surface area contributed by atoms with Crippen molar-refractivity contribution in [1.29, 1.82) is 0 Å². The number of amides is 1. The smallest absolute Gasteiger partial charge is 0.261 e. The van der Waals surface area contributed by atoms with Crippen molar-refractivity contribution in [3.63, 3.8) is 0 Å². The van der Waals surface area contributed by atoms with E-state index >= 15 is 0 Å². The van der Waals surface area contributed by atoms with Gasteiger partial charge in [0.15, 0.2) is 4.77 Å². The minimum atomic E-state index is -0.175. The number of carbonyl (C=O) groups is 1. The zero-order valence-electron chi connectivity index (χ0n) is 14.8. The molecular weight excluding hydrogens is 346 g/mol. The molecule has 1 amide bonds. The van der Waals surface area contributed by atoms with Gasteiger partial charge in [-0.15, -0.1) is 0 Å². The number of aromatic amines is 1. The summed E-state index contributed by atoms with van der Waals surface area (Å²) < 4.78 is 1.71. The number of aromatic nitrogens is 2. The monoisotopic (exact) mass is 367 g/mol. The highest BCUT2D eigenvalue weighted by atomic mass is 32.1. The summed E-state index contributed by atoms with van der Waals surface area (Å²) in [6.45, 7) is 2.67. The predicted molar refractivity (Wildman–Crippen MR) is 106 cm³/mol. The maximum Gasteiger partial charge on any atom is 0.261 e. The fourth-order valence-corrected chi connectivity index (χ4v) is 3.18. The van der Waals surface area contributed by atoms with Crippen LogP contribution in [0.1, 0.15) is 35.2 Å². The maximum absolute atomic E-state index is 12.5. The van der Waals surface area contributed by atoms with E-state index in [0.29, 0.717) is 27.8 Å². The fraction of sp³-hybridized carbons (Fsp3) is 0.250. The van der Waals surface area contributed by atoms with Gasteiger partial charge >= 0.3 is 0 Å². The molecule has 0 spiro atoms. The molecule has 0 bridgehead atoms. The minimum absolute atomic E-state index is 0.165. The van der Waals surface area contributed by atoms with Crippen LogP contribution < -0.4 is 10.9 Å². The van der Waals surface area contributed by atoms with E-state index in [4.69, 9.17) is 12.2 Å². The van der Waals surface area contributed by atoms with Crippen molar-refractivity contribution in [3.05, 3.63) is 74.8 Å². The molecule has 6 heteroatoms. The molecule has 0 aliphatic rings. The zero-order chi connectivity index (χ0) is 18.7. The molecule has 2 N–H and O–H groups in total. The third-order valence-electron chi connectivity index (χ3n) is 4.64. The van der Waals surface area contributed by atoms with Gasteiger partial charge in [-0.05, 0) is 42.4 Å². The summed E-state index contributed by atoms with van der Waals surface area (Å²) in [5.41, 5.74) is 2.10. The lowest BCUT2D eigenvalue weighted by Gasteiger charge is -2.16. The second-order valence-electron chi connectivity index (χ2n) is 6.28. The van der Waals surface area contributed by atoms with Crippen LogP contribution in [0.4, 0.5) is 0 Å². The highest BCUT2D eigenvalue weighted by molar-refractivity contribution is 7.71. The van der Waals surface area contributed by atoms with Crippen LogP contribution in [0.5, 0.6) is 0 Å². The Balaban J connectivity index is 1.81. The first-order valence-corrected chi connectivity index (χ1v) is 8.98. The van der Waals surface area contributed by atoms with E-state index in [1.54, 1.807) is 25.2 Å². The number of benzene rings is 2. The topological polar surface area (TPSA) is 66.9 Å². The number of hydrogen-bond donors (Lipinski definition) is 2. The summed E-state index contributed by atoms with van der Waals surface area (Å²) in [4.78, 5) is 27.8. The molecule has 0 saturated heterocycles. The fourth-order valence-electron chi connectivity index (χ4n) is 2.99. The summed E-state index contributed by atoms with van der Waals surface area (Å²) in [7, 11) is 1.62. The molecule has 0 fully saturated rings. The lowest BCUT2D eigenvalue weighted by Crippen LogP contribution is -2.28. The first-order valence-electron chi connectivity index (χ1n) is 8.57. The second kappa shape index (κ2) is 7.66. The highest BCUT2D eigenvalue weighted by Crippen LogP contribution is 2.18. The van der Waals surface area contributed by atoms with E-state index in [1.807, 2.05) is 18.2 Å². The van der Waals surface area contributed by atoms with E-state index in [2.05, 4.69) is 29.4 Å². The number of nitrogens with one attached hydrogen (secondary N) is 2. The van der Waals surface area contributed by atoms with Crippen LogP contribution in [0.3, 0.4) is 0 Å². The molecule has 3 aromatic rings. The number of hydrogen-bond acceptors (Lipinski definition) is 3. The van der Waals surface area contributed by atoms with Gasteiger partial charge in [-0.25, -0.2) is 0 Å². The van der Waals surface area contributed by atoms with E-state index in [1.165, 1.54) is 10.1 Å². The molecule has 1 aromatic heterocycles. The SMILES string of the molecule is CC[C@@H](CNC(=O)c1ccc2c(=O)n(C)c(=S)[nH]c2c1)c1ccccc1. The summed E-state index contributed by atoms with van der Waals surface area (Å²) in [5.74, 6) is 0.0972. The molecule has 0 aliphatic carbocycles. The Morgan fingerprint density at radius 2 is 1.96 bits per heavy atom. The van der Waals surface area contributed by atoms with Crippen molar-refractivity contribution < 1.29 is 4.79 Å². The molecule has 0 unspecified atom stereocenters. The Hall–Kier alpha value is -2.73. The summed E-state index contributed by atoms with van der Waals surface area (Å²) in [6.07, 6.45) is 0.936. The van der Waals surface area contributed by atoms with Crippen molar-refractivity contribution >= 4 is 29.0 Å². The number of fused-ring (bicyclic) bond motifs is 1. The standard InChI is InChI=1S/C20H21N3O2S/c1-3-13(14-7-5-4-6-8-14)12-21-18(24)15-9-10-16-17(11-15)22-20(26)23(2)19(16)25/h4-11,13H,3,12H2,1-2H3,(H,21,24)(H,22,26)/t13-/m0/s1. The molecule has 26 heavy (non-hydrogen) atoms. The van der Waals surface area contributed by atoms with Gasteiger partial charge in [0.25, 0.3) is 11.5 Å². The van der Waals surface area contributed by atoms with Crippen LogP contribution in [0, 0.1) is 4.77 Å². The number of nitrogens with zero attached hydrogens (tertiary/aromatic N) is 1. The highest BCUT2D eigenvalue weighted by Gasteiger charge is 2.13. The summed E-state index contributed by atoms with van der Waals surface area (Å²) >= 11 is 5.14. The first-order chi connectivity index (χ1) is 12.5. The summed E-state index contributed by atoms with van der Waals surface area (Å²) in [6, 6.07) is 15.1. The van der Waals surface area contributed by atoms with E-state index in [-0.39, 0.29) is 17.4 Å². The third-order valence-corrected chi connectivity index (χ3v) is 5.01. The van der Waals surface area contributed by atoms with Gasteiger partial charge < -0.3 is 10.3 Å². The summed E-state index contributed by atoms with van der Waals surface area (Å²) in [5, 5.41) is 3.50. The molecule has 3 rings (SSSR count). The number of rotatable bonds is 5. The van der Waals surface area contributed by atoms with Crippen molar-refractivity contribution in [3.8, 4) is 0 Å². The largest absolute Gasteiger partial charge is 0.351 e. The molecule has 0 saturated carbocycles. The Kier molecular flexibility index (Phi) is 5.32. The van der Waals surface area contributed by atoms with Gasteiger partial charge in [-0.1, -0.05) is 37.3 Å². The van der Waals surface area contributed by atoms with Crippen molar-refractivity contribution in [2.24, 2.45) is 7.05 Å². The molecule has 0 aliphatic heterocycles. The van der Waals surface area contributed by atoms with Crippen molar-refractivity contribution in [2.45, 2.75) is 19.3 Å². The molecule has 1 atom stereocenters. The van der Waals surface area contributed by atoms with Gasteiger partial charge in [0, 0.05) is 25.1 Å². The van der Waals surface area contributed by atoms with Crippen LogP contribution in [0.15, 0.2) is 53.3 Å². The van der Waals surface area contributed by atoms with Crippen LogP contribution in [0.25, 0.3) is 10.9 Å². The van der Waals surface area contributed by atoms with Gasteiger partial charge in [0.05, 0.1) is 10.9 Å². The molecule has 0 radical (unpaired) electrons. The first kappa shape index (κ1) is 18.1. The van der Waals surface area contributed by atoms with Gasteiger partial charge in [0.1, 0.15) is 0 Å². The Bertz CT molecular complexity index is 1050. The third kappa shape index (κ3) is 3.60. The molecule has 134 valence electrons. The molecule has 5 nitrogen and oxygen atoms in total. The molecule has 2 aromatic carbocycles. The van der Waals surface area contributed by atoms with Crippen molar-refractivity contribution in [1.82, 2.24) is 14.9 Å². The quantitative estimate of drug-likeness (QED) is 0.678. The molecular formula is C20H21N3O2S. The van der Waals surface area contributed by atoms with Gasteiger partial charge in [-0.3, -0.25) is 14.2 Å². The predicted octanol–water partition coefficient (Wildman–Crippen LogP) is 3.52. The van der Waals surface area contributed by atoms with Crippen LogP contribution >= 0.6 is 12.2 Å². The molecule has 1 heterocycles. The maximum atomic E-state index is 12.5. The van der Waals surface area contributed by atoms with Crippen LogP contribution in [-0.2, 0) is 7.05 Å². The van der Waals surface area contributed by atoms with Gasteiger partial charge in [-0.2, -0.15) is 0 Å². The van der Waals surface area contributed by atoms with Crippen molar-refractivity contribution in [2.75, 3.05) is 6.54 Å². The van der Waals surface area contributed by atoms with E-state index in [9.17, 15) is 9.59 Å². The lowest BCUT2D eigenvalue weighted by atomic mass is 9.96. The Morgan fingerprint density at radius 3 is 2.65 bits per heavy atom. The average Bonchev–Trinajstić information content (AvgIpc) is 2.67. The van der Waals surface area contributed by atoms with Crippen LogP contribution in [0.2, 0.25) is 0 Å². The average molecular weight is 367 g/mol. The van der Waals surface area contributed by atoms with Gasteiger partial charge in [0.2, 0.25) is 0 Å². The lowest BCUT2D eigenvalue weighted by molar-refractivity contribution is 0.0951. The van der Waals surface area contributed by atoms with E-state index < -0.39 is 0 Å². The van der Waals surface area contributed by atoms with E-state index in [0.717, 1.165) is 6.42 Å². The second-order valence-corrected chi connectivity index (χ2v) is 6.67. The minimum Gasteiger partial charge on any atom is -0.351 e. The number of H-pyrrole nitrogens is 1. The normalized spacial score (nSPS) is 12.1. The van der Waals surface area contributed by atoms with Crippen LogP contribution in [-0.4, -0.2) is 22.0 Å². The number of carbonyl (C=O) groups excluding carboxylic acids is 1. The zero-order valence-corrected chi connectivity index (χ0v) is 15.6. The Labute approximate surface area is 156 Å².